The summed E-state index contributed by atoms with van der Waals surface area (Å²) in [6, 6.07) is 13.3. The Balaban J connectivity index is 1.25. The normalized spacial score (nSPS) is 11.3. The number of carbonyl (C=O) groups excluding carboxylic acids is 2. The van der Waals surface area contributed by atoms with Crippen molar-refractivity contribution in [3.05, 3.63) is 65.9 Å². The van der Waals surface area contributed by atoms with Crippen LogP contribution in [0.3, 0.4) is 0 Å². The van der Waals surface area contributed by atoms with Gasteiger partial charge in [-0.1, -0.05) is 24.6 Å². The fourth-order valence-electron chi connectivity index (χ4n) is 3.82. The third-order valence-electron chi connectivity index (χ3n) is 5.25. The van der Waals surface area contributed by atoms with Crippen molar-refractivity contribution in [2.75, 3.05) is 6.54 Å². The minimum absolute atomic E-state index is 0.0617. The Hall–Kier alpha value is -3.48. The number of benzene rings is 1. The van der Waals surface area contributed by atoms with Crippen molar-refractivity contribution < 1.29 is 9.59 Å². The molecule has 0 aliphatic rings. The monoisotopic (exact) mass is 403 g/mol. The lowest BCUT2D eigenvalue weighted by atomic mass is 10.2. The molecule has 1 aromatic carbocycles. The van der Waals surface area contributed by atoms with E-state index in [4.69, 9.17) is 0 Å². The molecule has 7 nitrogen and oxygen atoms in total. The molecule has 0 aliphatic carbocycles. The van der Waals surface area contributed by atoms with E-state index in [1.807, 2.05) is 62.5 Å². The zero-order chi connectivity index (χ0) is 21.1. The Morgan fingerprint density at radius 1 is 0.967 bits per heavy atom. The van der Waals surface area contributed by atoms with Crippen LogP contribution < -0.4 is 5.32 Å². The molecule has 4 rings (SSSR count). The molecule has 0 fully saturated rings. The summed E-state index contributed by atoms with van der Waals surface area (Å²) in [6.07, 6.45) is 4.76. The second-order valence-corrected chi connectivity index (χ2v) is 7.42. The number of hydrogen-bond acceptors (Lipinski definition) is 4. The molecule has 1 N–H and O–H groups in total. The van der Waals surface area contributed by atoms with Crippen molar-refractivity contribution in [3.63, 3.8) is 0 Å². The number of rotatable bonds is 7. The van der Waals surface area contributed by atoms with E-state index >= 15 is 0 Å². The highest BCUT2D eigenvalue weighted by molar-refractivity contribution is 5.94. The first-order chi connectivity index (χ1) is 14.6. The highest BCUT2D eigenvalue weighted by Crippen LogP contribution is 2.17. The number of nitrogens with zero attached hydrogens (tertiary/aromatic N) is 4. The van der Waals surface area contributed by atoms with Gasteiger partial charge in [0.2, 0.25) is 5.91 Å². The quantitative estimate of drug-likeness (QED) is 0.474. The van der Waals surface area contributed by atoms with E-state index in [1.54, 1.807) is 8.97 Å². The third kappa shape index (κ3) is 3.83. The maximum atomic E-state index is 12.6. The summed E-state index contributed by atoms with van der Waals surface area (Å²) < 4.78 is 3.51. The molecule has 30 heavy (non-hydrogen) atoms. The lowest BCUT2D eigenvalue weighted by molar-refractivity contribution is 0.0897. The first-order valence-electron chi connectivity index (χ1n) is 10.3. The molecule has 154 valence electrons. The molecular weight excluding hydrogens is 378 g/mol. The Labute approximate surface area is 174 Å². The number of pyridine rings is 1. The largest absolute Gasteiger partial charge is 0.351 e. The van der Waals surface area contributed by atoms with Crippen molar-refractivity contribution in [2.24, 2.45) is 0 Å². The number of imidazole rings is 2. The van der Waals surface area contributed by atoms with E-state index in [-0.39, 0.29) is 11.8 Å². The van der Waals surface area contributed by atoms with Crippen molar-refractivity contribution in [2.45, 2.75) is 39.5 Å². The number of para-hydroxylation sites is 2. The second-order valence-electron chi connectivity index (χ2n) is 7.42. The number of aryl methyl sites for hydroxylation is 2. The summed E-state index contributed by atoms with van der Waals surface area (Å²) in [4.78, 5) is 34.1. The van der Waals surface area contributed by atoms with Crippen molar-refractivity contribution in [1.29, 1.82) is 0 Å². The number of amides is 1. The molecule has 0 atom stereocenters. The van der Waals surface area contributed by atoms with Gasteiger partial charge < -0.3 is 5.32 Å². The minimum Gasteiger partial charge on any atom is -0.351 e. The van der Waals surface area contributed by atoms with Gasteiger partial charge in [0, 0.05) is 19.2 Å². The van der Waals surface area contributed by atoms with Crippen LogP contribution in [0.1, 0.15) is 52.5 Å². The van der Waals surface area contributed by atoms with E-state index in [9.17, 15) is 9.59 Å². The highest BCUT2D eigenvalue weighted by Gasteiger charge is 2.16. The average Bonchev–Trinajstić information content (AvgIpc) is 3.25. The highest BCUT2D eigenvalue weighted by atomic mass is 16.2. The fourth-order valence-corrected chi connectivity index (χ4v) is 3.82. The lowest BCUT2D eigenvalue weighted by Gasteiger charge is -2.07. The molecule has 0 saturated carbocycles. The SMILES string of the molecule is Cc1nc2ccccn2c1C(=O)NCCCCCC(=O)n1c(C)nc2ccccc21. The van der Waals surface area contributed by atoms with Crippen LogP contribution in [-0.4, -0.2) is 37.3 Å². The molecule has 3 aromatic heterocycles. The maximum absolute atomic E-state index is 12.6. The van der Waals surface area contributed by atoms with Gasteiger partial charge >= 0.3 is 0 Å². The standard InChI is InChI=1S/C23H25N5O2/c1-16-22(27-15-9-7-12-20(27)25-16)23(30)24-14-8-3-4-13-21(29)28-17(2)26-18-10-5-6-11-19(18)28/h5-7,9-12,15H,3-4,8,13-14H2,1-2H3,(H,24,30). The summed E-state index contributed by atoms with van der Waals surface area (Å²) in [5.74, 6) is 0.659. The second kappa shape index (κ2) is 8.49. The molecule has 0 bridgehead atoms. The van der Waals surface area contributed by atoms with Crippen molar-refractivity contribution in [3.8, 4) is 0 Å². The smallest absolute Gasteiger partial charge is 0.270 e. The molecule has 1 amide bonds. The average molecular weight is 403 g/mol. The third-order valence-corrected chi connectivity index (χ3v) is 5.25. The molecule has 0 saturated heterocycles. The van der Waals surface area contributed by atoms with Crippen LogP contribution in [-0.2, 0) is 0 Å². The molecule has 0 spiro atoms. The molecule has 0 unspecified atom stereocenters. The topological polar surface area (TPSA) is 81.3 Å². The van der Waals surface area contributed by atoms with E-state index in [0.717, 1.165) is 41.8 Å². The number of nitrogens with one attached hydrogen (secondary N) is 1. The Morgan fingerprint density at radius 2 is 1.77 bits per heavy atom. The predicted octanol–water partition coefficient (Wildman–Crippen LogP) is 3.93. The first-order valence-corrected chi connectivity index (χ1v) is 10.3. The molecule has 0 radical (unpaired) electrons. The number of hydrogen-bond donors (Lipinski definition) is 1. The zero-order valence-electron chi connectivity index (χ0n) is 17.3. The van der Waals surface area contributed by atoms with Crippen molar-refractivity contribution >= 4 is 28.5 Å². The van der Waals surface area contributed by atoms with Crippen LogP contribution in [0.5, 0.6) is 0 Å². The molecular formula is C23H25N5O2. The van der Waals surface area contributed by atoms with Crippen molar-refractivity contribution in [1.82, 2.24) is 24.3 Å². The van der Waals surface area contributed by atoms with E-state index in [1.165, 1.54) is 0 Å². The summed E-state index contributed by atoms with van der Waals surface area (Å²) >= 11 is 0. The Bertz CT molecular complexity index is 1130. The van der Waals surface area contributed by atoms with Crippen LogP contribution in [0, 0.1) is 13.8 Å². The Kier molecular flexibility index (Phi) is 5.61. The van der Waals surface area contributed by atoms with Crippen LogP contribution in [0.4, 0.5) is 0 Å². The van der Waals surface area contributed by atoms with E-state index in [0.29, 0.717) is 24.4 Å². The fraction of sp³-hybridized carbons (Fsp3) is 0.304. The number of fused-ring (bicyclic) bond motifs is 2. The summed E-state index contributed by atoms with van der Waals surface area (Å²) in [7, 11) is 0. The van der Waals surface area contributed by atoms with Gasteiger partial charge in [-0.25, -0.2) is 9.97 Å². The van der Waals surface area contributed by atoms with Gasteiger partial charge in [0.05, 0.1) is 16.7 Å². The summed E-state index contributed by atoms with van der Waals surface area (Å²) in [5, 5.41) is 2.97. The lowest BCUT2D eigenvalue weighted by Crippen LogP contribution is -2.26. The molecule has 4 aromatic rings. The molecule has 7 heteroatoms. The van der Waals surface area contributed by atoms with Gasteiger partial charge in [0.15, 0.2) is 0 Å². The van der Waals surface area contributed by atoms with Crippen LogP contribution in [0.2, 0.25) is 0 Å². The maximum Gasteiger partial charge on any atom is 0.270 e. The summed E-state index contributed by atoms with van der Waals surface area (Å²) in [5.41, 5.74) is 3.75. The van der Waals surface area contributed by atoms with Gasteiger partial charge in [-0.05, 0) is 51.0 Å². The van der Waals surface area contributed by atoms with Gasteiger partial charge in [0.1, 0.15) is 17.2 Å². The van der Waals surface area contributed by atoms with Gasteiger partial charge in [-0.2, -0.15) is 0 Å². The number of aromatic nitrogens is 4. The van der Waals surface area contributed by atoms with Gasteiger partial charge in [-0.15, -0.1) is 0 Å². The van der Waals surface area contributed by atoms with Crippen LogP contribution in [0.15, 0.2) is 48.7 Å². The van der Waals surface area contributed by atoms with Gasteiger partial charge in [0.25, 0.3) is 5.91 Å². The zero-order valence-corrected chi connectivity index (χ0v) is 17.3. The Morgan fingerprint density at radius 3 is 2.63 bits per heavy atom. The van der Waals surface area contributed by atoms with Crippen LogP contribution >= 0.6 is 0 Å². The van der Waals surface area contributed by atoms with E-state index in [2.05, 4.69) is 15.3 Å². The predicted molar refractivity (Wildman–Crippen MR) is 116 cm³/mol. The van der Waals surface area contributed by atoms with E-state index < -0.39 is 0 Å². The number of unbranched alkanes of at least 4 members (excludes halogenated alkanes) is 2. The summed E-state index contributed by atoms with van der Waals surface area (Å²) in [6.45, 7) is 4.27. The minimum atomic E-state index is -0.122. The number of carbonyl (C=O) groups is 2. The molecule has 0 aliphatic heterocycles. The van der Waals surface area contributed by atoms with Gasteiger partial charge in [-0.3, -0.25) is 18.6 Å². The first kappa shape index (κ1) is 19.8. The molecule has 3 heterocycles. The van der Waals surface area contributed by atoms with Crippen LogP contribution in [0.25, 0.3) is 16.7 Å².